The third-order valence-corrected chi connectivity index (χ3v) is 3.44. The highest BCUT2D eigenvalue weighted by Crippen LogP contribution is 2.53. The van der Waals surface area contributed by atoms with E-state index in [1.807, 2.05) is 0 Å². The Bertz CT molecular complexity index is 299. The molecule has 1 nitrogen and oxygen atoms in total. The first-order valence-corrected chi connectivity index (χ1v) is 5.62. The molecular weight excluding hydrogens is 206 g/mol. The lowest BCUT2D eigenvalue weighted by molar-refractivity contribution is 0.484. The molecule has 1 aromatic rings. The summed E-state index contributed by atoms with van der Waals surface area (Å²) < 4.78 is 0. The Morgan fingerprint density at radius 2 is 1.93 bits per heavy atom. The van der Waals surface area contributed by atoms with Gasteiger partial charge in [-0.2, -0.15) is 0 Å². The predicted molar refractivity (Wildman–Crippen MR) is 67.7 cm³/mol. The number of likely N-dealkylation sites (N-methyl/N-ethyl adjacent to an activating group) is 1. The van der Waals surface area contributed by atoms with Crippen molar-refractivity contribution in [1.82, 2.24) is 5.32 Å². The number of nitrogens with one attached hydrogen (secondary N) is 1. The molecule has 84 valence electrons. The van der Waals surface area contributed by atoms with E-state index < -0.39 is 0 Å². The van der Waals surface area contributed by atoms with Gasteiger partial charge in [0.1, 0.15) is 0 Å². The van der Waals surface area contributed by atoms with Gasteiger partial charge in [0.2, 0.25) is 0 Å². The molecule has 0 bridgehead atoms. The summed E-state index contributed by atoms with van der Waals surface area (Å²) in [4.78, 5) is 0. The van der Waals surface area contributed by atoms with Crippen molar-refractivity contribution < 1.29 is 0 Å². The average Bonchev–Trinajstić information content (AvgIpc) is 2.95. The summed E-state index contributed by atoms with van der Waals surface area (Å²) in [5, 5.41) is 3.63. The van der Waals surface area contributed by atoms with E-state index in [0.29, 0.717) is 5.54 Å². The smallest absolute Gasteiger partial charge is 0.0254 e. The zero-order valence-corrected chi connectivity index (χ0v) is 10.3. The molecule has 2 atom stereocenters. The Morgan fingerprint density at radius 1 is 1.27 bits per heavy atom. The van der Waals surface area contributed by atoms with Gasteiger partial charge in [-0.3, -0.25) is 0 Å². The minimum Gasteiger partial charge on any atom is -0.311 e. The van der Waals surface area contributed by atoms with Gasteiger partial charge >= 0.3 is 0 Å². The van der Waals surface area contributed by atoms with Gasteiger partial charge in [-0.05, 0) is 24.9 Å². The van der Waals surface area contributed by atoms with Gasteiger partial charge in [0.05, 0.1) is 0 Å². The van der Waals surface area contributed by atoms with Crippen molar-refractivity contribution in [2.75, 3.05) is 6.54 Å². The molecule has 0 unspecified atom stereocenters. The fourth-order valence-corrected chi connectivity index (χ4v) is 2.49. The van der Waals surface area contributed by atoms with E-state index in [9.17, 15) is 0 Å². The minimum absolute atomic E-state index is 0. The molecule has 0 saturated heterocycles. The van der Waals surface area contributed by atoms with Crippen molar-refractivity contribution in [2.24, 2.45) is 0 Å². The van der Waals surface area contributed by atoms with Crippen LogP contribution in [0.4, 0.5) is 0 Å². The van der Waals surface area contributed by atoms with Crippen LogP contribution in [-0.2, 0) is 0 Å². The average molecular weight is 226 g/mol. The van der Waals surface area contributed by atoms with Crippen molar-refractivity contribution in [3.05, 3.63) is 35.9 Å². The summed E-state index contributed by atoms with van der Waals surface area (Å²) in [6.07, 6.45) is 2.54. The number of benzene rings is 1. The summed E-state index contributed by atoms with van der Waals surface area (Å²) in [5.41, 5.74) is 1.91. The molecular formula is C13H20ClN. The van der Waals surface area contributed by atoms with Gasteiger partial charge in [0.25, 0.3) is 0 Å². The Labute approximate surface area is 98.7 Å². The zero-order chi connectivity index (χ0) is 10.0. The quantitative estimate of drug-likeness (QED) is 0.829. The maximum absolute atomic E-state index is 3.63. The van der Waals surface area contributed by atoms with Crippen LogP contribution >= 0.6 is 12.4 Å². The third-order valence-electron chi connectivity index (χ3n) is 3.44. The van der Waals surface area contributed by atoms with Crippen LogP contribution in [0.25, 0.3) is 0 Å². The highest BCUT2D eigenvalue weighted by molar-refractivity contribution is 5.85. The van der Waals surface area contributed by atoms with Crippen LogP contribution in [-0.4, -0.2) is 12.1 Å². The normalized spacial score (nSPS) is 28.3. The molecule has 1 aliphatic carbocycles. The molecule has 1 fully saturated rings. The first-order chi connectivity index (χ1) is 6.82. The molecule has 2 heteroatoms. The number of rotatable bonds is 4. The maximum atomic E-state index is 3.63. The lowest BCUT2D eigenvalue weighted by Crippen LogP contribution is -2.32. The van der Waals surface area contributed by atoms with Crippen molar-refractivity contribution >= 4 is 12.4 Å². The maximum Gasteiger partial charge on any atom is 0.0254 e. The Morgan fingerprint density at radius 3 is 2.47 bits per heavy atom. The molecule has 15 heavy (non-hydrogen) atoms. The Hall–Kier alpha value is -0.530. The molecule has 0 amide bonds. The topological polar surface area (TPSA) is 12.0 Å². The second-order valence-electron chi connectivity index (χ2n) is 4.21. The molecule has 1 N–H and O–H groups in total. The molecule has 1 aromatic carbocycles. The van der Waals surface area contributed by atoms with E-state index in [4.69, 9.17) is 0 Å². The van der Waals surface area contributed by atoms with E-state index in [1.165, 1.54) is 18.4 Å². The molecule has 0 aliphatic heterocycles. The van der Waals surface area contributed by atoms with E-state index in [1.54, 1.807) is 0 Å². The monoisotopic (exact) mass is 225 g/mol. The van der Waals surface area contributed by atoms with Gasteiger partial charge in [-0.25, -0.2) is 0 Å². The molecule has 0 spiro atoms. The van der Waals surface area contributed by atoms with Gasteiger partial charge in [0.15, 0.2) is 0 Å². The number of hydrogen-bond acceptors (Lipinski definition) is 1. The van der Waals surface area contributed by atoms with Crippen LogP contribution in [0.3, 0.4) is 0 Å². The van der Waals surface area contributed by atoms with Crippen LogP contribution in [0.1, 0.15) is 38.2 Å². The lowest BCUT2D eigenvalue weighted by atomic mass is 10.0. The Kier molecular flexibility index (Phi) is 4.18. The fraction of sp³-hybridized carbons (Fsp3) is 0.538. The van der Waals surface area contributed by atoms with Gasteiger partial charge < -0.3 is 5.32 Å². The second-order valence-corrected chi connectivity index (χ2v) is 4.21. The van der Waals surface area contributed by atoms with Crippen LogP contribution in [0.15, 0.2) is 30.3 Å². The minimum atomic E-state index is 0. The molecule has 1 saturated carbocycles. The Balaban J connectivity index is 0.00000112. The van der Waals surface area contributed by atoms with Gasteiger partial charge in [-0.1, -0.05) is 44.2 Å². The van der Waals surface area contributed by atoms with Crippen molar-refractivity contribution in [2.45, 2.75) is 38.1 Å². The van der Waals surface area contributed by atoms with Gasteiger partial charge in [0, 0.05) is 11.5 Å². The van der Waals surface area contributed by atoms with E-state index in [2.05, 4.69) is 49.5 Å². The van der Waals surface area contributed by atoms with E-state index in [-0.39, 0.29) is 12.4 Å². The molecule has 1 aliphatic rings. The van der Waals surface area contributed by atoms with Crippen molar-refractivity contribution in [1.29, 1.82) is 0 Å². The van der Waals surface area contributed by atoms with E-state index >= 15 is 0 Å². The number of hydrogen-bond donors (Lipinski definition) is 1. The summed E-state index contributed by atoms with van der Waals surface area (Å²) >= 11 is 0. The lowest BCUT2D eigenvalue weighted by Gasteiger charge is -2.16. The fourth-order valence-electron chi connectivity index (χ4n) is 2.49. The number of halogens is 1. The third kappa shape index (κ3) is 2.35. The first kappa shape index (κ1) is 12.5. The SMILES string of the molecule is CCN[C@]1(CC)C[C@H]1c1ccccc1.Cl. The second kappa shape index (κ2) is 5.00. The summed E-state index contributed by atoms with van der Waals surface area (Å²) in [6, 6.07) is 10.9. The zero-order valence-electron chi connectivity index (χ0n) is 9.49. The van der Waals surface area contributed by atoms with Gasteiger partial charge in [-0.15, -0.1) is 12.4 Å². The van der Waals surface area contributed by atoms with Crippen LogP contribution < -0.4 is 5.32 Å². The largest absolute Gasteiger partial charge is 0.311 e. The summed E-state index contributed by atoms with van der Waals surface area (Å²) in [7, 11) is 0. The molecule has 2 rings (SSSR count). The first-order valence-electron chi connectivity index (χ1n) is 5.62. The van der Waals surface area contributed by atoms with Crippen molar-refractivity contribution in [3.63, 3.8) is 0 Å². The molecule has 0 aromatic heterocycles. The van der Waals surface area contributed by atoms with E-state index in [0.717, 1.165) is 12.5 Å². The highest BCUT2D eigenvalue weighted by Gasteiger charge is 2.52. The van der Waals surface area contributed by atoms with Crippen LogP contribution in [0, 0.1) is 0 Å². The van der Waals surface area contributed by atoms with Crippen LogP contribution in [0.2, 0.25) is 0 Å². The summed E-state index contributed by atoms with van der Waals surface area (Å²) in [6.45, 7) is 5.56. The standard InChI is InChI=1S/C13H19N.ClH/c1-3-13(14-4-2)10-12(13)11-8-6-5-7-9-11;/h5-9,12,14H,3-4,10H2,1-2H3;1H/t12-,13+;/m0./s1. The highest BCUT2D eigenvalue weighted by atomic mass is 35.5. The predicted octanol–water partition coefficient (Wildman–Crippen LogP) is 3.35. The molecule has 0 heterocycles. The summed E-state index contributed by atoms with van der Waals surface area (Å²) in [5.74, 6) is 0.744. The van der Waals surface area contributed by atoms with Crippen molar-refractivity contribution in [3.8, 4) is 0 Å². The van der Waals surface area contributed by atoms with Crippen LogP contribution in [0.5, 0.6) is 0 Å². The molecule has 0 radical (unpaired) electrons.